The van der Waals surface area contributed by atoms with Gasteiger partial charge in [0.25, 0.3) is 0 Å². The van der Waals surface area contributed by atoms with E-state index in [0.717, 1.165) is 19.4 Å². The van der Waals surface area contributed by atoms with Crippen molar-refractivity contribution in [3.8, 4) is 0 Å². The first-order valence-electron chi connectivity index (χ1n) is 5.12. The number of carbonyl (C=O) groups excluding carboxylic acids is 1. The lowest BCUT2D eigenvalue weighted by molar-refractivity contribution is -0.157. The summed E-state index contributed by atoms with van der Waals surface area (Å²) in [4.78, 5) is 11.6. The maximum absolute atomic E-state index is 11.6. The zero-order valence-corrected chi connectivity index (χ0v) is 9.17. The normalized spacial score (nSPS) is 24.7. The van der Waals surface area contributed by atoms with Crippen molar-refractivity contribution >= 4 is 5.97 Å². The lowest BCUT2D eigenvalue weighted by Crippen LogP contribution is -2.49. The van der Waals surface area contributed by atoms with Crippen molar-refractivity contribution in [3.05, 3.63) is 0 Å². The Hall–Kier alpha value is -0.610. The fraction of sp³-hybridized carbons (Fsp3) is 0.900. The number of hydrogen-bond donors (Lipinski definition) is 2. The Morgan fingerprint density at radius 2 is 2.21 bits per heavy atom. The molecule has 2 atom stereocenters. The number of nitrogens with two attached hydrogens (primary N) is 1. The van der Waals surface area contributed by atoms with E-state index in [-0.39, 0.29) is 12.0 Å². The summed E-state index contributed by atoms with van der Waals surface area (Å²) in [6.07, 6.45) is 2.04. The van der Waals surface area contributed by atoms with Crippen LogP contribution in [-0.4, -0.2) is 30.2 Å². The van der Waals surface area contributed by atoms with E-state index in [1.165, 1.54) is 0 Å². The molecule has 1 heterocycles. The molecule has 0 aromatic carbocycles. The second kappa shape index (κ2) is 4.28. The first-order chi connectivity index (χ1) is 6.40. The van der Waals surface area contributed by atoms with Gasteiger partial charge in [0.1, 0.15) is 11.6 Å². The maximum Gasteiger partial charge on any atom is 0.325 e. The Morgan fingerprint density at radius 1 is 1.57 bits per heavy atom. The Balaban J connectivity index is 2.43. The summed E-state index contributed by atoms with van der Waals surface area (Å²) in [5.74, 6) is -0.308. The minimum atomic E-state index is -0.531. The third kappa shape index (κ3) is 3.27. The molecule has 1 rings (SSSR count). The van der Waals surface area contributed by atoms with Gasteiger partial charge in [0.2, 0.25) is 0 Å². The first-order valence-corrected chi connectivity index (χ1v) is 5.12. The van der Waals surface area contributed by atoms with Crippen LogP contribution in [0.1, 0.15) is 33.6 Å². The molecule has 0 bridgehead atoms. The van der Waals surface area contributed by atoms with Crippen molar-refractivity contribution in [3.63, 3.8) is 0 Å². The highest BCUT2D eigenvalue weighted by Crippen LogP contribution is 2.13. The second-order valence-electron chi connectivity index (χ2n) is 4.76. The highest BCUT2D eigenvalue weighted by Gasteiger charge is 2.30. The average Bonchev–Trinajstić information content (AvgIpc) is 2.51. The lowest BCUT2D eigenvalue weighted by atomic mass is 10.1. The standard InChI is InChI=1S/C10H20N2O2/c1-10(2,3)14-9(13)8(11)7-5-4-6-12-7/h7-8,12H,4-6,11H2,1-3H3/t7-,8?/m0/s1. The number of carbonyl (C=O) groups is 1. The molecule has 4 nitrogen and oxygen atoms in total. The van der Waals surface area contributed by atoms with Gasteiger partial charge in [-0.1, -0.05) is 0 Å². The summed E-state index contributed by atoms with van der Waals surface area (Å²) in [6, 6.07) is -0.443. The van der Waals surface area contributed by atoms with Gasteiger partial charge in [-0.15, -0.1) is 0 Å². The van der Waals surface area contributed by atoms with Crippen LogP contribution in [0, 0.1) is 0 Å². The van der Waals surface area contributed by atoms with E-state index in [4.69, 9.17) is 10.5 Å². The summed E-state index contributed by atoms with van der Waals surface area (Å²) >= 11 is 0. The number of rotatable bonds is 2. The van der Waals surface area contributed by atoms with Crippen molar-refractivity contribution in [2.24, 2.45) is 5.73 Å². The summed E-state index contributed by atoms with van der Waals surface area (Å²) in [6.45, 7) is 6.49. The number of nitrogens with one attached hydrogen (secondary N) is 1. The van der Waals surface area contributed by atoms with Crippen LogP contribution in [0.25, 0.3) is 0 Å². The molecule has 1 unspecified atom stereocenters. The van der Waals surface area contributed by atoms with Crippen LogP contribution in [0.2, 0.25) is 0 Å². The largest absolute Gasteiger partial charge is 0.459 e. The molecule has 1 aliphatic heterocycles. The first kappa shape index (κ1) is 11.5. The minimum absolute atomic E-state index is 0.0878. The van der Waals surface area contributed by atoms with Crippen LogP contribution in [-0.2, 0) is 9.53 Å². The van der Waals surface area contributed by atoms with Gasteiger partial charge in [-0.05, 0) is 40.2 Å². The van der Waals surface area contributed by atoms with Crippen LogP contribution in [0.4, 0.5) is 0 Å². The monoisotopic (exact) mass is 200 g/mol. The van der Waals surface area contributed by atoms with Gasteiger partial charge < -0.3 is 15.8 Å². The minimum Gasteiger partial charge on any atom is -0.459 e. The number of esters is 1. The zero-order valence-electron chi connectivity index (χ0n) is 9.17. The van der Waals surface area contributed by atoms with Gasteiger partial charge >= 0.3 is 5.97 Å². The van der Waals surface area contributed by atoms with Gasteiger partial charge in [-0.2, -0.15) is 0 Å². The van der Waals surface area contributed by atoms with Gasteiger partial charge in [0, 0.05) is 6.04 Å². The van der Waals surface area contributed by atoms with Crippen molar-refractivity contribution in [2.45, 2.75) is 51.3 Å². The highest BCUT2D eigenvalue weighted by molar-refractivity contribution is 5.76. The van der Waals surface area contributed by atoms with E-state index in [0.29, 0.717) is 0 Å². The molecule has 1 aliphatic rings. The average molecular weight is 200 g/mol. The molecule has 4 heteroatoms. The van der Waals surface area contributed by atoms with E-state index in [1.807, 2.05) is 20.8 Å². The molecule has 82 valence electrons. The molecule has 1 saturated heterocycles. The lowest BCUT2D eigenvalue weighted by Gasteiger charge is -2.24. The van der Waals surface area contributed by atoms with Crippen molar-refractivity contribution in [1.82, 2.24) is 5.32 Å². The molecule has 0 radical (unpaired) electrons. The molecule has 0 aliphatic carbocycles. The highest BCUT2D eigenvalue weighted by atomic mass is 16.6. The van der Waals surface area contributed by atoms with Gasteiger partial charge in [0.05, 0.1) is 0 Å². The van der Waals surface area contributed by atoms with Gasteiger partial charge in [-0.25, -0.2) is 0 Å². The summed E-state index contributed by atoms with van der Waals surface area (Å²) < 4.78 is 5.21. The predicted octanol–water partition coefficient (Wildman–Crippen LogP) is 0.407. The molecule has 0 aromatic heterocycles. The summed E-state index contributed by atoms with van der Waals surface area (Å²) in [5, 5.41) is 3.20. The van der Waals surface area contributed by atoms with E-state index >= 15 is 0 Å². The Bertz CT molecular complexity index is 205. The molecular weight excluding hydrogens is 180 g/mol. The van der Waals surface area contributed by atoms with Crippen LogP contribution < -0.4 is 11.1 Å². The predicted molar refractivity (Wildman–Crippen MR) is 54.8 cm³/mol. The number of hydrogen-bond acceptors (Lipinski definition) is 4. The Kier molecular flexibility index (Phi) is 3.50. The molecular formula is C10H20N2O2. The number of ether oxygens (including phenoxy) is 1. The molecule has 1 fully saturated rings. The Labute approximate surface area is 85.2 Å². The van der Waals surface area contributed by atoms with E-state index in [9.17, 15) is 4.79 Å². The second-order valence-corrected chi connectivity index (χ2v) is 4.76. The Morgan fingerprint density at radius 3 is 2.64 bits per heavy atom. The SMILES string of the molecule is CC(C)(C)OC(=O)C(N)[C@@H]1CCCN1. The molecule has 14 heavy (non-hydrogen) atoms. The van der Waals surface area contributed by atoms with Crippen LogP contribution in [0.3, 0.4) is 0 Å². The topological polar surface area (TPSA) is 64.3 Å². The maximum atomic E-state index is 11.6. The summed E-state index contributed by atoms with van der Waals surface area (Å²) in [5.41, 5.74) is 5.34. The van der Waals surface area contributed by atoms with Crippen molar-refractivity contribution < 1.29 is 9.53 Å². The third-order valence-corrected chi connectivity index (χ3v) is 2.21. The molecule has 0 saturated carbocycles. The van der Waals surface area contributed by atoms with E-state index < -0.39 is 11.6 Å². The third-order valence-electron chi connectivity index (χ3n) is 2.21. The van der Waals surface area contributed by atoms with E-state index in [1.54, 1.807) is 0 Å². The van der Waals surface area contributed by atoms with Crippen LogP contribution in [0.15, 0.2) is 0 Å². The van der Waals surface area contributed by atoms with Crippen molar-refractivity contribution in [1.29, 1.82) is 0 Å². The van der Waals surface area contributed by atoms with E-state index in [2.05, 4.69) is 5.32 Å². The van der Waals surface area contributed by atoms with Crippen molar-refractivity contribution in [2.75, 3.05) is 6.54 Å². The van der Waals surface area contributed by atoms with Crippen LogP contribution >= 0.6 is 0 Å². The fourth-order valence-corrected chi connectivity index (χ4v) is 1.55. The smallest absolute Gasteiger partial charge is 0.325 e. The zero-order chi connectivity index (χ0) is 10.8. The molecule has 0 spiro atoms. The quantitative estimate of drug-likeness (QED) is 0.634. The molecule has 0 aromatic rings. The van der Waals surface area contributed by atoms with Gasteiger partial charge in [-0.3, -0.25) is 4.79 Å². The van der Waals surface area contributed by atoms with Crippen LogP contribution in [0.5, 0.6) is 0 Å². The molecule has 3 N–H and O–H groups in total. The molecule has 0 amide bonds. The van der Waals surface area contributed by atoms with Gasteiger partial charge in [0.15, 0.2) is 0 Å². The summed E-state index contributed by atoms with van der Waals surface area (Å²) in [7, 11) is 0. The fourth-order valence-electron chi connectivity index (χ4n) is 1.55.